The van der Waals surface area contributed by atoms with Crippen molar-refractivity contribution in [3.63, 3.8) is 0 Å². The minimum absolute atomic E-state index is 0.0953. The van der Waals surface area contributed by atoms with Gasteiger partial charge in [0.2, 0.25) is 0 Å². The number of nitrogens with one attached hydrogen (secondary N) is 3. The number of rotatable bonds is 8. The molecule has 0 bridgehead atoms. The fourth-order valence-electron chi connectivity index (χ4n) is 2.74. The standard InChI is InChI=1S/C20H22N4O5S/c1-13-4-7-15(8-5-13)24-30(26,27)20-17(12-22-23-20)19(25)21-11-14-6-9-16(28-2)10-18(14)29-3/h4-10,12,24H,11H2,1-3H3,(H,21,25)(H,22,23). The minimum atomic E-state index is -4.03. The monoisotopic (exact) mass is 430 g/mol. The molecule has 158 valence electrons. The van der Waals surface area contributed by atoms with Crippen LogP contribution in [0.25, 0.3) is 0 Å². The zero-order valence-electron chi connectivity index (χ0n) is 16.7. The molecule has 3 aromatic rings. The quantitative estimate of drug-likeness (QED) is 0.505. The molecule has 0 spiro atoms. The maximum absolute atomic E-state index is 12.7. The van der Waals surface area contributed by atoms with Gasteiger partial charge in [-0.25, -0.2) is 0 Å². The molecule has 3 N–H and O–H groups in total. The van der Waals surface area contributed by atoms with Crippen LogP contribution >= 0.6 is 0 Å². The second kappa shape index (κ2) is 8.87. The Hall–Kier alpha value is -3.53. The van der Waals surface area contributed by atoms with Gasteiger partial charge in [0.1, 0.15) is 11.5 Å². The third-order valence-corrected chi connectivity index (χ3v) is 5.71. The highest BCUT2D eigenvalue weighted by molar-refractivity contribution is 7.92. The topological polar surface area (TPSA) is 122 Å². The predicted molar refractivity (Wildman–Crippen MR) is 111 cm³/mol. The van der Waals surface area contributed by atoms with Gasteiger partial charge in [-0.2, -0.15) is 13.5 Å². The number of benzene rings is 2. The molecule has 0 atom stereocenters. The molecular weight excluding hydrogens is 408 g/mol. The first-order valence-corrected chi connectivity index (χ1v) is 10.4. The number of ether oxygens (including phenoxy) is 2. The van der Waals surface area contributed by atoms with Crippen molar-refractivity contribution in [1.29, 1.82) is 0 Å². The summed E-state index contributed by atoms with van der Waals surface area (Å²) >= 11 is 0. The van der Waals surface area contributed by atoms with Gasteiger partial charge in [0.05, 0.1) is 26.0 Å². The van der Waals surface area contributed by atoms with E-state index in [0.29, 0.717) is 22.7 Å². The summed E-state index contributed by atoms with van der Waals surface area (Å²) in [5, 5.41) is 8.49. The Morgan fingerprint density at radius 2 is 1.83 bits per heavy atom. The van der Waals surface area contributed by atoms with Crippen molar-refractivity contribution in [1.82, 2.24) is 15.5 Å². The second-order valence-electron chi connectivity index (χ2n) is 6.44. The van der Waals surface area contributed by atoms with Crippen molar-refractivity contribution < 1.29 is 22.7 Å². The van der Waals surface area contributed by atoms with Crippen LogP contribution in [0.5, 0.6) is 11.5 Å². The lowest BCUT2D eigenvalue weighted by Gasteiger charge is -2.12. The largest absolute Gasteiger partial charge is 0.497 e. The highest BCUT2D eigenvalue weighted by Gasteiger charge is 2.25. The number of amides is 1. The average Bonchev–Trinajstić information content (AvgIpc) is 3.24. The molecule has 0 radical (unpaired) electrons. The molecule has 0 aliphatic carbocycles. The van der Waals surface area contributed by atoms with Crippen LogP contribution in [0.1, 0.15) is 21.5 Å². The lowest BCUT2D eigenvalue weighted by molar-refractivity contribution is 0.0947. The molecule has 0 saturated carbocycles. The molecule has 1 heterocycles. The fraction of sp³-hybridized carbons (Fsp3) is 0.200. The van der Waals surface area contributed by atoms with Gasteiger partial charge in [0.25, 0.3) is 15.9 Å². The van der Waals surface area contributed by atoms with Crippen molar-refractivity contribution in [3.8, 4) is 11.5 Å². The Bertz CT molecular complexity index is 1140. The molecule has 30 heavy (non-hydrogen) atoms. The summed E-state index contributed by atoms with van der Waals surface area (Å²) in [4.78, 5) is 12.6. The van der Waals surface area contributed by atoms with Crippen molar-refractivity contribution in [2.24, 2.45) is 0 Å². The number of methoxy groups -OCH3 is 2. The molecular formula is C20H22N4O5S. The van der Waals surface area contributed by atoms with Gasteiger partial charge in [0.15, 0.2) is 5.03 Å². The van der Waals surface area contributed by atoms with Crippen LogP contribution < -0.4 is 19.5 Å². The molecule has 0 fully saturated rings. The van der Waals surface area contributed by atoms with E-state index in [4.69, 9.17) is 9.47 Å². The average molecular weight is 430 g/mol. The molecule has 9 nitrogen and oxygen atoms in total. The number of aromatic nitrogens is 2. The van der Waals surface area contributed by atoms with E-state index in [1.54, 1.807) is 49.6 Å². The van der Waals surface area contributed by atoms with E-state index in [9.17, 15) is 13.2 Å². The number of anilines is 1. The van der Waals surface area contributed by atoms with Crippen molar-refractivity contribution >= 4 is 21.6 Å². The third-order valence-electron chi connectivity index (χ3n) is 4.36. The summed E-state index contributed by atoms with van der Waals surface area (Å²) in [5.41, 5.74) is 1.98. The first-order valence-electron chi connectivity index (χ1n) is 8.96. The van der Waals surface area contributed by atoms with E-state index in [1.165, 1.54) is 13.3 Å². The molecule has 10 heteroatoms. The fourth-order valence-corrected chi connectivity index (χ4v) is 3.89. The first-order chi connectivity index (χ1) is 14.3. The van der Waals surface area contributed by atoms with Crippen molar-refractivity contribution in [3.05, 3.63) is 65.4 Å². The van der Waals surface area contributed by atoms with Crippen LogP contribution in [-0.2, 0) is 16.6 Å². The molecule has 2 aromatic carbocycles. The Labute approximate surface area is 174 Å². The van der Waals surface area contributed by atoms with Gasteiger partial charge in [0, 0.05) is 23.9 Å². The summed E-state index contributed by atoms with van der Waals surface area (Å²) in [5.74, 6) is 0.564. The molecule has 0 unspecified atom stereocenters. The second-order valence-corrected chi connectivity index (χ2v) is 8.06. The molecule has 0 aliphatic rings. The van der Waals surface area contributed by atoms with Crippen LogP contribution in [0.3, 0.4) is 0 Å². The number of nitrogens with zero attached hydrogens (tertiary/aromatic N) is 1. The maximum atomic E-state index is 12.7. The van der Waals surface area contributed by atoms with E-state index in [1.807, 2.05) is 6.92 Å². The summed E-state index contributed by atoms with van der Waals surface area (Å²) in [6.07, 6.45) is 1.17. The lowest BCUT2D eigenvalue weighted by atomic mass is 10.2. The summed E-state index contributed by atoms with van der Waals surface area (Å²) in [6, 6.07) is 12.0. The lowest BCUT2D eigenvalue weighted by Crippen LogP contribution is -2.25. The summed E-state index contributed by atoms with van der Waals surface area (Å²) in [7, 11) is -0.979. The normalized spacial score (nSPS) is 11.0. The van der Waals surface area contributed by atoms with Crippen LogP contribution in [0.15, 0.2) is 53.7 Å². The molecule has 1 aromatic heterocycles. The highest BCUT2D eigenvalue weighted by atomic mass is 32.2. The minimum Gasteiger partial charge on any atom is -0.497 e. The number of carbonyl (C=O) groups excluding carboxylic acids is 1. The Kier molecular flexibility index (Phi) is 6.26. The molecule has 3 rings (SSSR count). The van der Waals surface area contributed by atoms with Gasteiger partial charge in [-0.15, -0.1) is 0 Å². The van der Waals surface area contributed by atoms with E-state index in [2.05, 4.69) is 20.2 Å². The molecule has 0 aliphatic heterocycles. The summed E-state index contributed by atoms with van der Waals surface area (Å²) in [6.45, 7) is 2.02. The van der Waals surface area contributed by atoms with E-state index < -0.39 is 15.9 Å². The number of aryl methyl sites for hydroxylation is 1. The van der Waals surface area contributed by atoms with Crippen LogP contribution in [0.2, 0.25) is 0 Å². The smallest absolute Gasteiger partial charge is 0.279 e. The highest BCUT2D eigenvalue weighted by Crippen LogP contribution is 2.24. The Morgan fingerprint density at radius 1 is 1.10 bits per heavy atom. The number of hydrogen-bond donors (Lipinski definition) is 3. The summed E-state index contributed by atoms with van der Waals surface area (Å²) < 4.78 is 38.3. The Balaban J connectivity index is 1.76. The van der Waals surface area contributed by atoms with Gasteiger partial charge in [-0.3, -0.25) is 14.6 Å². The first kappa shape index (κ1) is 21.2. The zero-order chi connectivity index (χ0) is 21.7. The van der Waals surface area contributed by atoms with E-state index in [0.717, 1.165) is 5.56 Å². The van der Waals surface area contributed by atoms with Gasteiger partial charge in [-0.1, -0.05) is 17.7 Å². The predicted octanol–water partition coefficient (Wildman–Crippen LogP) is 2.47. The number of carbonyl (C=O) groups is 1. The number of H-pyrrole nitrogens is 1. The molecule has 1 amide bonds. The maximum Gasteiger partial charge on any atom is 0.279 e. The Morgan fingerprint density at radius 3 is 2.50 bits per heavy atom. The number of sulfonamides is 1. The van der Waals surface area contributed by atoms with Crippen molar-refractivity contribution in [2.45, 2.75) is 18.5 Å². The number of hydrogen-bond acceptors (Lipinski definition) is 6. The van der Waals surface area contributed by atoms with Crippen LogP contribution in [0.4, 0.5) is 5.69 Å². The third kappa shape index (κ3) is 4.71. The van der Waals surface area contributed by atoms with Gasteiger partial charge >= 0.3 is 0 Å². The molecule has 0 saturated heterocycles. The SMILES string of the molecule is COc1ccc(CNC(=O)c2cn[nH]c2S(=O)(=O)Nc2ccc(C)cc2)c(OC)c1. The number of aromatic amines is 1. The zero-order valence-corrected chi connectivity index (χ0v) is 17.5. The van der Waals surface area contributed by atoms with E-state index in [-0.39, 0.29) is 17.1 Å². The van der Waals surface area contributed by atoms with Gasteiger partial charge in [-0.05, 0) is 31.2 Å². The van der Waals surface area contributed by atoms with Gasteiger partial charge < -0.3 is 14.8 Å². The van der Waals surface area contributed by atoms with Crippen LogP contribution in [0, 0.1) is 6.92 Å². The van der Waals surface area contributed by atoms with E-state index >= 15 is 0 Å². The van der Waals surface area contributed by atoms with Crippen LogP contribution in [-0.4, -0.2) is 38.7 Å². The van der Waals surface area contributed by atoms with Crippen molar-refractivity contribution in [2.75, 3.05) is 18.9 Å².